The fourth-order valence-electron chi connectivity index (χ4n) is 1.91. The second kappa shape index (κ2) is 4.91. The molecule has 0 amide bonds. The van der Waals surface area contributed by atoms with Gasteiger partial charge in [0.1, 0.15) is 5.82 Å². The highest BCUT2D eigenvalue weighted by molar-refractivity contribution is 5.68. The third-order valence-corrected chi connectivity index (χ3v) is 2.83. The molecule has 0 aliphatic rings. The summed E-state index contributed by atoms with van der Waals surface area (Å²) in [6.45, 7) is 1.89. The van der Waals surface area contributed by atoms with Crippen LogP contribution < -0.4 is 5.73 Å². The van der Waals surface area contributed by atoms with Crippen molar-refractivity contribution in [1.29, 1.82) is 0 Å². The number of nitrogen functional groups attached to an aromatic ring is 1. The van der Waals surface area contributed by atoms with Crippen LogP contribution in [0.15, 0.2) is 36.4 Å². The predicted molar refractivity (Wildman–Crippen MR) is 68.5 cm³/mol. The zero-order valence-electron chi connectivity index (χ0n) is 10.3. The quantitative estimate of drug-likeness (QED) is 0.895. The summed E-state index contributed by atoms with van der Waals surface area (Å²) in [5.41, 5.74) is 6.80. The number of alkyl halides is 3. The lowest BCUT2D eigenvalue weighted by molar-refractivity contribution is -0.137. The Balaban J connectivity index is 2.53. The molecule has 19 heavy (non-hydrogen) atoms. The number of benzene rings is 1. The number of nitrogens with two attached hydrogens (primary N) is 1. The minimum atomic E-state index is -4.34. The van der Waals surface area contributed by atoms with Crippen LogP contribution in [-0.4, -0.2) is 4.98 Å². The lowest BCUT2D eigenvalue weighted by Gasteiger charge is -2.11. The van der Waals surface area contributed by atoms with Gasteiger partial charge in [-0.05, 0) is 36.2 Å². The molecular formula is C14H13F3N2. The molecule has 0 aliphatic heterocycles. The molecule has 0 saturated heterocycles. The van der Waals surface area contributed by atoms with Crippen molar-refractivity contribution in [2.24, 2.45) is 0 Å². The monoisotopic (exact) mass is 266 g/mol. The second-order valence-electron chi connectivity index (χ2n) is 4.16. The molecule has 2 N–H and O–H groups in total. The molecule has 0 radical (unpaired) electrons. The van der Waals surface area contributed by atoms with Gasteiger partial charge in [-0.2, -0.15) is 13.2 Å². The maximum absolute atomic E-state index is 12.7. The van der Waals surface area contributed by atoms with E-state index < -0.39 is 11.7 Å². The van der Waals surface area contributed by atoms with Gasteiger partial charge in [0.05, 0.1) is 11.3 Å². The van der Waals surface area contributed by atoms with E-state index in [2.05, 4.69) is 4.98 Å². The van der Waals surface area contributed by atoms with Gasteiger partial charge in [0.15, 0.2) is 0 Å². The van der Waals surface area contributed by atoms with Gasteiger partial charge in [0.2, 0.25) is 0 Å². The van der Waals surface area contributed by atoms with E-state index in [0.29, 0.717) is 29.1 Å². The third kappa shape index (κ3) is 2.86. The van der Waals surface area contributed by atoms with Crippen LogP contribution in [0, 0.1) is 0 Å². The van der Waals surface area contributed by atoms with Gasteiger partial charge in [-0.1, -0.05) is 19.1 Å². The van der Waals surface area contributed by atoms with Gasteiger partial charge < -0.3 is 5.73 Å². The van der Waals surface area contributed by atoms with E-state index in [0.717, 1.165) is 12.1 Å². The Hall–Kier alpha value is -2.04. The zero-order valence-corrected chi connectivity index (χ0v) is 10.3. The van der Waals surface area contributed by atoms with Crippen molar-refractivity contribution in [2.75, 3.05) is 5.73 Å². The number of anilines is 1. The first-order valence-corrected chi connectivity index (χ1v) is 5.85. The van der Waals surface area contributed by atoms with Crippen molar-refractivity contribution < 1.29 is 13.2 Å². The van der Waals surface area contributed by atoms with Gasteiger partial charge in [0.25, 0.3) is 0 Å². The molecule has 2 rings (SSSR count). The molecule has 1 aromatic carbocycles. The molecule has 0 saturated carbocycles. The summed E-state index contributed by atoms with van der Waals surface area (Å²) >= 11 is 0. The van der Waals surface area contributed by atoms with E-state index in [4.69, 9.17) is 5.73 Å². The number of rotatable bonds is 2. The lowest BCUT2D eigenvalue weighted by atomic mass is 10.0. The SMILES string of the molecule is CCc1nc(N)ccc1-c1cccc(C(F)(F)F)c1. The summed E-state index contributed by atoms with van der Waals surface area (Å²) in [5.74, 6) is 0.368. The maximum Gasteiger partial charge on any atom is 0.416 e. The average Bonchev–Trinajstić information content (AvgIpc) is 2.37. The van der Waals surface area contributed by atoms with Crippen LogP contribution in [0.25, 0.3) is 11.1 Å². The van der Waals surface area contributed by atoms with Crippen molar-refractivity contribution in [3.8, 4) is 11.1 Å². The van der Waals surface area contributed by atoms with Gasteiger partial charge in [0, 0.05) is 5.56 Å². The number of hydrogen-bond acceptors (Lipinski definition) is 2. The van der Waals surface area contributed by atoms with Crippen molar-refractivity contribution in [2.45, 2.75) is 19.5 Å². The molecule has 2 aromatic rings. The fourth-order valence-corrected chi connectivity index (χ4v) is 1.91. The summed E-state index contributed by atoms with van der Waals surface area (Å²) < 4.78 is 38.1. The molecule has 0 fully saturated rings. The maximum atomic E-state index is 12.7. The smallest absolute Gasteiger partial charge is 0.384 e. The van der Waals surface area contributed by atoms with E-state index >= 15 is 0 Å². The van der Waals surface area contributed by atoms with Gasteiger partial charge >= 0.3 is 6.18 Å². The van der Waals surface area contributed by atoms with Gasteiger partial charge in [-0.3, -0.25) is 0 Å². The number of halogens is 3. The highest BCUT2D eigenvalue weighted by atomic mass is 19.4. The summed E-state index contributed by atoms with van der Waals surface area (Å²) in [7, 11) is 0. The summed E-state index contributed by atoms with van der Waals surface area (Å²) in [6, 6.07) is 8.52. The molecule has 0 aliphatic carbocycles. The first kappa shape index (κ1) is 13.4. The molecule has 1 heterocycles. The summed E-state index contributed by atoms with van der Waals surface area (Å²) in [4.78, 5) is 4.16. The molecule has 2 nitrogen and oxygen atoms in total. The number of aryl methyl sites for hydroxylation is 1. The molecule has 0 unspecified atom stereocenters. The van der Waals surface area contributed by atoms with Gasteiger partial charge in [-0.25, -0.2) is 4.98 Å². The Morgan fingerprint density at radius 1 is 1.16 bits per heavy atom. The van der Waals surface area contributed by atoms with Crippen LogP contribution >= 0.6 is 0 Å². The molecular weight excluding hydrogens is 253 g/mol. The molecule has 0 bridgehead atoms. The number of pyridine rings is 1. The normalized spacial score (nSPS) is 11.6. The van der Waals surface area contributed by atoms with Gasteiger partial charge in [-0.15, -0.1) is 0 Å². The van der Waals surface area contributed by atoms with Crippen molar-refractivity contribution in [3.63, 3.8) is 0 Å². The largest absolute Gasteiger partial charge is 0.416 e. The Morgan fingerprint density at radius 2 is 1.89 bits per heavy atom. The number of nitrogens with zero attached hydrogens (tertiary/aromatic N) is 1. The second-order valence-corrected chi connectivity index (χ2v) is 4.16. The van der Waals surface area contributed by atoms with Crippen molar-refractivity contribution >= 4 is 5.82 Å². The first-order valence-electron chi connectivity index (χ1n) is 5.85. The zero-order chi connectivity index (χ0) is 14.0. The van der Waals surface area contributed by atoms with E-state index in [9.17, 15) is 13.2 Å². The van der Waals surface area contributed by atoms with E-state index in [1.807, 2.05) is 6.92 Å². The van der Waals surface area contributed by atoms with Crippen LogP contribution in [0.2, 0.25) is 0 Å². The molecule has 100 valence electrons. The Morgan fingerprint density at radius 3 is 2.53 bits per heavy atom. The Bertz CT molecular complexity index is 591. The van der Waals surface area contributed by atoms with E-state index in [1.54, 1.807) is 18.2 Å². The third-order valence-electron chi connectivity index (χ3n) is 2.83. The van der Waals surface area contributed by atoms with Crippen LogP contribution in [0.1, 0.15) is 18.2 Å². The van der Waals surface area contributed by atoms with E-state index in [-0.39, 0.29) is 0 Å². The Kier molecular flexibility index (Phi) is 3.46. The lowest BCUT2D eigenvalue weighted by Crippen LogP contribution is -2.05. The first-order chi connectivity index (χ1) is 8.91. The highest BCUT2D eigenvalue weighted by Gasteiger charge is 2.30. The van der Waals surface area contributed by atoms with Crippen LogP contribution in [0.5, 0.6) is 0 Å². The Labute approximate surface area is 109 Å². The minimum Gasteiger partial charge on any atom is -0.384 e. The fraction of sp³-hybridized carbons (Fsp3) is 0.214. The molecule has 0 atom stereocenters. The summed E-state index contributed by atoms with van der Waals surface area (Å²) in [5, 5.41) is 0. The summed E-state index contributed by atoms with van der Waals surface area (Å²) in [6.07, 6.45) is -3.74. The molecule has 0 spiro atoms. The number of hydrogen-bond donors (Lipinski definition) is 1. The van der Waals surface area contributed by atoms with Crippen LogP contribution in [-0.2, 0) is 12.6 Å². The topological polar surface area (TPSA) is 38.9 Å². The molecule has 5 heteroatoms. The predicted octanol–water partition coefficient (Wildman–Crippen LogP) is 3.91. The van der Waals surface area contributed by atoms with Crippen LogP contribution in [0.4, 0.5) is 19.0 Å². The van der Waals surface area contributed by atoms with Crippen molar-refractivity contribution in [3.05, 3.63) is 47.7 Å². The van der Waals surface area contributed by atoms with Crippen LogP contribution in [0.3, 0.4) is 0 Å². The van der Waals surface area contributed by atoms with Crippen molar-refractivity contribution in [1.82, 2.24) is 4.98 Å². The molecule has 1 aromatic heterocycles. The standard InChI is InChI=1S/C14H13F3N2/c1-2-12-11(6-7-13(18)19-12)9-4-3-5-10(8-9)14(15,16)17/h3-8H,2H2,1H3,(H2,18,19). The van der Waals surface area contributed by atoms with E-state index in [1.165, 1.54) is 6.07 Å². The minimum absolute atomic E-state index is 0.368. The average molecular weight is 266 g/mol. The highest BCUT2D eigenvalue weighted by Crippen LogP contribution is 2.33. The number of aromatic nitrogens is 1.